The van der Waals surface area contributed by atoms with Crippen molar-refractivity contribution >= 4 is 17.2 Å². The van der Waals surface area contributed by atoms with Gasteiger partial charge in [-0.2, -0.15) is 0 Å². The molecule has 1 aromatic heterocycles. The molecular formula is C12H18N2O2S. The zero-order chi connectivity index (χ0) is 12.5. The molecule has 4 nitrogen and oxygen atoms in total. The van der Waals surface area contributed by atoms with Gasteiger partial charge in [0.2, 0.25) is 0 Å². The lowest BCUT2D eigenvalue weighted by Gasteiger charge is -2.22. The standard InChI is InChI=1S/C12H18N2O2S/c1-9-10(17-8-13-9)11(15)14-6-3-4-12(2,16)5-7-14/h8,16H,3-7H2,1-2H3. The first-order chi connectivity index (χ1) is 7.99. The SMILES string of the molecule is Cc1ncsc1C(=O)N1CCCC(C)(O)CC1. The third-order valence-corrected chi connectivity index (χ3v) is 4.21. The Kier molecular flexibility index (Phi) is 3.49. The molecule has 0 saturated carbocycles. The predicted molar refractivity (Wildman–Crippen MR) is 67.2 cm³/mol. The van der Waals surface area contributed by atoms with Gasteiger partial charge >= 0.3 is 0 Å². The summed E-state index contributed by atoms with van der Waals surface area (Å²) in [5, 5.41) is 9.99. The van der Waals surface area contributed by atoms with Crippen molar-refractivity contribution < 1.29 is 9.90 Å². The highest BCUT2D eigenvalue weighted by Crippen LogP contribution is 2.23. The quantitative estimate of drug-likeness (QED) is 0.832. The second kappa shape index (κ2) is 4.74. The number of aromatic nitrogens is 1. The third kappa shape index (κ3) is 2.84. The average molecular weight is 254 g/mol. The minimum atomic E-state index is -0.627. The lowest BCUT2D eigenvalue weighted by Crippen LogP contribution is -2.33. The zero-order valence-electron chi connectivity index (χ0n) is 10.3. The number of carbonyl (C=O) groups excluding carboxylic acids is 1. The number of thiazole rings is 1. The Labute approximate surface area is 105 Å². The van der Waals surface area contributed by atoms with Crippen LogP contribution in [0.3, 0.4) is 0 Å². The minimum Gasteiger partial charge on any atom is -0.390 e. The number of hydrogen-bond acceptors (Lipinski definition) is 4. The van der Waals surface area contributed by atoms with E-state index in [-0.39, 0.29) is 5.91 Å². The van der Waals surface area contributed by atoms with E-state index in [4.69, 9.17) is 0 Å². The Morgan fingerprint density at radius 2 is 2.29 bits per heavy atom. The molecule has 1 saturated heterocycles. The largest absolute Gasteiger partial charge is 0.390 e. The molecule has 0 aliphatic carbocycles. The molecule has 17 heavy (non-hydrogen) atoms. The van der Waals surface area contributed by atoms with Crippen molar-refractivity contribution in [2.45, 2.75) is 38.7 Å². The van der Waals surface area contributed by atoms with Crippen LogP contribution in [0.2, 0.25) is 0 Å². The molecule has 2 heterocycles. The van der Waals surface area contributed by atoms with E-state index in [9.17, 15) is 9.90 Å². The minimum absolute atomic E-state index is 0.0581. The van der Waals surface area contributed by atoms with Gasteiger partial charge in [-0.15, -0.1) is 11.3 Å². The fourth-order valence-electron chi connectivity index (χ4n) is 2.12. The van der Waals surface area contributed by atoms with Gasteiger partial charge in [0.15, 0.2) is 0 Å². The summed E-state index contributed by atoms with van der Waals surface area (Å²) < 4.78 is 0. The maximum Gasteiger partial charge on any atom is 0.265 e. The number of hydrogen-bond donors (Lipinski definition) is 1. The molecule has 1 aromatic rings. The van der Waals surface area contributed by atoms with Crippen LogP contribution in [0.5, 0.6) is 0 Å². The number of amides is 1. The van der Waals surface area contributed by atoms with Crippen LogP contribution in [0.1, 0.15) is 41.6 Å². The van der Waals surface area contributed by atoms with Gasteiger partial charge in [-0.05, 0) is 33.1 Å². The molecule has 1 aliphatic rings. The lowest BCUT2D eigenvalue weighted by atomic mass is 9.98. The van der Waals surface area contributed by atoms with E-state index in [1.165, 1.54) is 11.3 Å². The van der Waals surface area contributed by atoms with Crippen molar-refractivity contribution in [3.63, 3.8) is 0 Å². The van der Waals surface area contributed by atoms with Crippen molar-refractivity contribution in [3.8, 4) is 0 Å². The number of rotatable bonds is 1. The van der Waals surface area contributed by atoms with Crippen LogP contribution in [0.4, 0.5) is 0 Å². The molecular weight excluding hydrogens is 236 g/mol. The zero-order valence-corrected chi connectivity index (χ0v) is 11.1. The number of likely N-dealkylation sites (tertiary alicyclic amines) is 1. The fraction of sp³-hybridized carbons (Fsp3) is 0.667. The van der Waals surface area contributed by atoms with Crippen molar-refractivity contribution in [1.29, 1.82) is 0 Å². The first-order valence-electron chi connectivity index (χ1n) is 5.91. The van der Waals surface area contributed by atoms with Gasteiger partial charge in [0, 0.05) is 13.1 Å². The first kappa shape index (κ1) is 12.5. The summed E-state index contributed by atoms with van der Waals surface area (Å²) in [6.45, 7) is 5.06. The monoisotopic (exact) mass is 254 g/mol. The van der Waals surface area contributed by atoms with E-state index in [2.05, 4.69) is 4.98 Å². The van der Waals surface area contributed by atoms with Gasteiger partial charge in [-0.1, -0.05) is 0 Å². The Morgan fingerprint density at radius 1 is 1.53 bits per heavy atom. The van der Waals surface area contributed by atoms with E-state index in [1.54, 1.807) is 5.51 Å². The smallest absolute Gasteiger partial charge is 0.265 e. The van der Waals surface area contributed by atoms with E-state index in [0.29, 0.717) is 13.0 Å². The number of aryl methyl sites for hydroxylation is 1. The molecule has 1 N–H and O–H groups in total. The fourth-order valence-corrected chi connectivity index (χ4v) is 2.89. The molecule has 0 radical (unpaired) electrons. The van der Waals surface area contributed by atoms with E-state index in [0.717, 1.165) is 30.0 Å². The average Bonchev–Trinajstić information content (AvgIpc) is 2.59. The van der Waals surface area contributed by atoms with Gasteiger partial charge in [-0.25, -0.2) is 4.98 Å². The van der Waals surface area contributed by atoms with Crippen molar-refractivity contribution in [3.05, 3.63) is 16.1 Å². The second-order valence-electron chi connectivity index (χ2n) is 4.91. The summed E-state index contributed by atoms with van der Waals surface area (Å²) in [7, 11) is 0. The van der Waals surface area contributed by atoms with Gasteiger partial charge in [0.25, 0.3) is 5.91 Å². The molecule has 0 bridgehead atoms. The topological polar surface area (TPSA) is 53.4 Å². The van der Waals surface area contributed by atoms with Crippen molar-refractivity contribution in [2.24, 2.45) is 0 Å². The molecule has 1 fully saturated rings. The first-order valence-corrected chi connectivity index (χ1v) is 6.79. The molecule has 1 aliphatic heterocycles. The molecule has 5 heteroatoms. The normalized spacial score (nSPS) is 25.7. The summed E-state index contributed by atoms with van der Waals surface area (Å²) in [4.78, 5) is 18.9. The summed E-state index contributed by atoms with van der Waals surface area (Å²) in [6, 6.07) is 0. The maximum absolute atomic E-state index is 12.3. The third-order valence-electron chi connectivity index (χ3n) is 3.29. The highest BCUT2D eigenvalue weighted by atomic mass is 32.1. The molecule has 2 rings (SSSR count). The van der Waals surface area contributed by atoms with Crippen molar-refractivity contribution in [2.75, 3.05) is 13.1 Å². The van der Waals surface area contributed by atoms with E-state index in [1.807, 2.05) is 18.7 Å². The second-order valence-corrected chi connectivity index (χ2v) is 5.76. The molecule has 94 valence electrons. The number of carbonyl (C=O) groups is 1. The molecule has 0 aromatic carbocycles. The van der Waals surface area contributed by atoms with Gasteiger partial charge in [0.05, 0.1) is 16.8 Å². The molecule has 1 atom stereocenters. The van der Waals surface area contributed by atoms with Crippen LogP contribution in [0.25, 0.3) is 0 Å². The lowest BCUT2D eigenvalue weighted by molar-refractivity contribution is 0.0438. The van der Waals surface area contributed by atoms with E-state index >= 15 is 0 Å². The van der Waals surface area contributed by atoms with Gasteiger partial charge in [0.1, 0.15) is 4.88 Å². The highest BCUT2D eigenvalue weighted by molar-refractivity contribution is 7.11. The Morgan fingerprint density at radius 3 is 2.94 bits per heavy atom. The van der Waals surface area contributed by atoms with Crippen LogP contribution in [0.15, 0.2) is 5.51 Å². The van der Waals surface area contributed by atoms with Crippen LogP contribution in [-0.4, -0.2) is 39.6 Å². The molecule has 1 unspecified atom stereocenters. The van der Waals surface area contributed by atoms with Crippen LogP contribution >= 0.6 is 11.3 Å². The van der Waals surface area contributed by atoms with Crippen LogP contribution in [0, 0.1) is 6.92 Å². The Bertz CT molecular complexity index is 414. The molecule has 0 spiro atoms. The summed E-state index contributed by atoms with van der Waals surface area (Å²) in [5.41, 5.74) is 1.88. The highest BCUT2D eigenvalue weighted by Gasteiger charge is 2.28. The Balaban J connectivity index is 2.08. The summed E-state index contributed by atoms with van der Waals surface area (Å²) >= 11 is 1.39. The van der Waals surface area contributed by atoms with Crippen LogP contribution < -0.4 is 0 Å². The Hall–Kier alpha value is -0.940. The predicted octanol–water partition coefficient (Wildman–Crippen LogP) is 1.83. The van der Waals surface area contributed by atoms with Gasteiger partial charge in [-0.3, -0.25) is 4.79 Å². The van der Waals surface area contributed by atoms with E-state index < -0.39 is 5.60 Å². The summed E-state index contributed by atoms with van der Waals surface area (Å²) in [6.07, 6.45) is 2.27. The van der Waals surface area contributed by atoms with Crippen molar-refractivity contribution in [1.82, 2.24) is 9.88 Å². The number of nitrogens with zero attached hydrogens (tertiary/aromatic N) is 2. The maximum atomic E-state index is 12.3. The molecule has 1 amide bonds. The van der Waals surface area contributed by atoms with Crippen LogP contribution in [-0.2, 0) is 0 Å². The number of aliphatic hydroxyl groups is 1. The summed E-state index contributed by atoms with van der Waals surface area (Å²) in [5.74, 6) is 0.0581. The van der Waals surface area contributed by atoms with Gasteiger partial charge < -0.3 is 10.0 Å².